The first kappa shape index (κ1) is 7.88. The number of hydrogen-bond acceptors (Lipinski definition) is 3. The molecule has 9 heavy (non-hydrogen) atoms. The van der Waals surface area contributed by atoms with Crippen molar-refractivity contribution < 1.29 is 4.79 Å². The van der Waals surface area contributed by atoms with Crippen LogP contribution in [0.4, 0.5) is 0 Å². The first-order valence-electron chi connectivity index (χ1n) is 2.61. The van der Waals surface area contributed by atoms with Gasteiger partial charge in [0.05, 0.1) is 12.3 Å². The predicted octanol–water partition coefficient (Wildman–Crippen LogP) is 0.328. The van der Waals surface area contributed by atoms with Crippen LogP contribution in [0.1, 0.15) is 6.92 Å². The zero-order chi connectivity index (χ0) is 7.28. The molecule has 0 aromatic carbocycles. The molecule has 2 N–H and O–H groups in total. The first-order chi connectivity index (χ1) is 4.18. The van der Waals surface area contributed by atoms with Gasteiger partial charge in [0.1, 0.15) is 0 Å². The number of carbonyl (C=O) groups is 1. The lowest BCUT2D eigenvalue weighted by Crippen LogP contribution is -2.22. The molecule has 0 aliphatic heterocycles. The van der Waals surface area contributed by atoms with E-state index < -0.39 is 0 Å². The van der Waals surface area contributed by atoms with E-state index in [1.165, 1.54) is 13.1 Å². The van der Waals surface area contributed by atoms with Crippen LogP contribution in [0, 0.1) is 5.41 Å². The molecule has 3 heteroatoms. The fraction of sp³-hybridized carbons (Fsp3) is 0.333. The lowest BCUT2D eigenvalue weighted by molar-refractivity contribution is -0.112. The third-order valence-corrected chi connectivity index (χ3v) is 0.825. The van der Waals surface area contributed by atoms with Gasteiger partial charge in [0.15, 0.2) is 5.78 Å². The molecule has 0 aliphatic rings. The van der Waals surface area contributed by atoms with Crippen LogP contribution in [-0.4, -0.2) is 18.0 Å². The number of Topliss-reactive ketones (excluding diaryl/α,β-unsaturated/α-hetero) is 1. The SMILES string of the molecule is C=CNCC(=O)C(C)=N. The molecule has 0 unspecified atom stereocenters. The average molecular weight is 126 g/mol. The predicted molar refractivity (Wildman–Crippen MR) is 36.6 cm³/mol. The summed E-state index contributed by atoms with van der Waals surface area (Å²) in [5, 5.41) is 9.46. The standard InChI is InChI=1S/C6H10N2O/c1-3-8-4-6(9)5(2)7/h3,7-8H,1,4H2,2H3. The molecule has 0 aliphatic carbocycles. The Morgan fingerprint density at radius 2 is 2.44 bits per heavy atom. The van der Waals surface area contributed by atoms with Gasteiger partial charge < -0.3 is 10.7 Å². The van der Waals surface area contributed by atoms with Gasteiger partial charge in [-0.15, -0.1) is 0 Å². The number of ketones is 1. The molecule has 0 aromatic heterocycles. The summed E-state index contributed by atoms with van der Waals surface area (Å²) in [5.41, 5.74) is 0.0735. The maximum atomic E-state index is 10.6. The molecule has 0 radical (unpaired) electrons. The van der Waals surface area contributed by atoms with Gasteiger partial charge in [-0.3, -0.25) is 4.79 Å². The van der Waals surface area contributed by atoms with Crippen LogP contribution in [0.25, 0.3) is 0 Å². The molecule has 3 nitrogen and oxygen atoms in total. The highest BCUT2D eigenvalue weighted by atomic mass is 16.1. The Morgan fingerprint density at radius 3 is 2.78 bits per heavy atom. The van der Waals surface area contributed by atoms with Gasteiger partial charge >= 0.3 is 0 Å². The van der Waals surface area contributed by atoms with Crippen LogP contribution in [0.15, 0.2) is 12.8 Å². The van der Waals surface area contributed by atoms with E-state index in [9.17, 15) is 4.79 Å². The van der Waals surface area contributed by atoms with Crippen LogP contribution in [-0.2, 0) is 4.79 Å². The van der Waals surface area contributed by atoms with Crippen LogP contribution < -0.4 is 5.32 Å². The van der Waals surface area contributed by atoms with Gasteiger partial charge in [-0.2, -0.15) is 0 Å². The normalized spacial score (nSPS) is 8.11. The maximum Gasteiger partial charge on any atom is 0.194 e. The number of carbonyl (C=O) groups excluding carboxylic acids is 1. The molecule has 0 rings (SSSR count). The molecule has 0 atom stereocenters. The van der Waals surface area contributed by atoms with Gasteiger partial charge in [0, 0.05) is 0 Å². The van der Waals surface area contributed by atoms with Crippen molar-refractivity contribution in [3.8, 4) is 0 Å². The Hall–Kier alpha value is -1.12. The van der Waals surface area contributed by atoms with Crippen molar-refractivity contribution in [1.82, 2.24) is 5.32 Å². The summed E-state index contributed by atoms with van der Waals surface area (Å²) >= 11 is 0. The van der Waals surface area contributed by atoms with Crippen LogP contribution in [0.5, 0.6) is 0 Å². The van der Waals surface area contributed by atoms with E-state index in [-0.39, 0.29) is 18.0 Å². The van der Waals surface area contributed by atoms with Crippen molar-refractivity contribution in [2.75, 3.05) is 6.54 Å². The van der Waals surface area contributed by atoms with Gasteiger partial charge in [0.25, 0.3) is 0 Å². The molecule has 0 saturated heterocycles. The summed E-state index contributed by atoms with van der Waals surface area (Å²) in [5.74, 6) is -0.199. The number of nitrogens with one attached hydrogen (secondary N) is 2. The topological polar surface area (TPSA) is 53.0 Å². The Kier molecular flexibility index (Phi) is 3.35. The summed E-state index contributed by atoms with van der Waals surface area (Å²) in [6, 6.07) is 0. The Balaban J connectivity index is 3.51. The fourth-order valence-corrected chi connectivity index (χ4v) is 0.297. The average Bonchev–Trinajstić information content (AvgIpc) is 1.82. The van der Waals surface area contributed by atoms with Gasteiger partial charge in [-0.05, 0) is 13.1 Å². The van der Waals surface area contributed by atoms with Crippen molar-refractivity contribution in [3.63, 3.8) is 0 Å². The number of hydrogen-bond donors (Lipinski definition) is 2. The van der Waals surface area contributed by atoms with Crippen molar-refractivity contribution in [2.45, 2.75) is 6.92 Å². The van der Waals surface area contributed by atoms with E-state index in [0.717, 1.165) is 0 Å². The third kappa shape index (κ3) is 3.46. The minimum absolute atomic E-state index is 0.0735. The van der Waals surface area contributed by atoms with E-state index in [0.29, 0.717) is 0 Å². The summed E-state index contributed by atoms with van der Waals surface area (Å²) in [4.78, 5) is 10.6. The van der Waals surface area contributed by atoms with Gasteiger partial charge in [0.2, 0.25) is 0 Å². The zero-order valence-electron chi connectivity index (χ0n) is 5.40. The van der Waals surface area contributed by atoms with E-state index in [2.05, 4.69) is 11.9 Å². The highest BCUT2D eigenvalue weighted by molar-refractivity contribution is 6.38. The molecule has 0 saturated carbocycles. The third-order valence-electron chi connectivity index (χ3n) is 0.825. The second-order valence-electron chi connectivity index (χ2n) is 1.63. The van der Waals surface area contributed by atoms with E-state index in [1.807, 2.05) is 0 Å². The molecule has 0 heterocycles. The molecular weight excluding hydrogens is 116 g/mol. The van der Waals surface area contributed by atoms with Crippen LogP contribution in [0.3, 0.4) is 0 Å². The van der Waals surface area contributed by atoms with E-state index >= 15 is 0 Å². The Labute approximate surface area is 54.3 Å². The Morgan fingerprint density at radius 1 is 1.89 bits per heavy atom. The minimum Gasteiger partial charge on any atom is -0.384 e. The van der Waals surface area contributed by atoms with Crippen molar-refractivity contribution in [2.24, 2.45) is 0 Å². The molecule has 0 aromatic rings. The minimum atomic E-state index is -0.199. The molecular formula is C6H10N2O. The quantitative estimate of drug-likeness (QED) is 0.533. The zero-order valence-corrected chi connectivity index (χ0v) is 5.40. The lowest BCUT2D eigenvalue weighted by atomic mass is 10.3. The maximum absolute atomic E-state index is 10.6. The lowest BCUT2D eigenvalue weighted by Gasteiger charge is -1.95. The number of rotatable bonds is 4. The van der Waals surface area contributed by atoms with Crippen molar-refractivity contribution in [1.29, 1.82) is 5.41 Å². The highest BCUT2D eigenvalue weighted by Gasteiger charge is 1.99. The second-order valence-corrected chi connectivity index (χ2v) is 1.63. The molecule has 0 fully saturated rings. The first-order valence-corrected chi connectivity index (χ1v) is 2.61. The van der Waals surface area contributed by atoms with Crippen molar-refractivity contribution >= 4 is 11.5 Å². The molecule has 0 amide bonds. The van der Waals surface area contributed by atoms with Crippen LogP contribution in [0.2, 0.25) is 0 Å². The summed E-state index contributed by atoms with van der Waals surface area (Å²) in [6.07, 6.45) is 1.43. The largest absolute Gasteiger partial charge is 0.384 e. The smallest absolute Gasteiger partial charge is 0.194 e. The Bertz CT molecular complexity index is 140. The summed E-state index contributed by atoms with van der Waals surface area (Å²) < 4.78 is 0. The summed E-state index contributed by atoms with van der Waals surface area (Å²) in [7, 11) is 0. The molecule has 0 bridgehead atoms. The summed E-state index contributed by atoms with van der Waals surface area (Å²) in [6.45, 7) is 5.00. The van der Waals surface area contributed by atoms with Crippen LogP contribution >= 0.6 is 0 Å². The van der Waals surface area contributed by atoms with E-state index in [4.69, 9.17) is 5.41 Å². The molecule has 0 spiro atoms. The van der Waals surface area contributed by atoms with Gasteiger partial charge in [-0.1, -0.05) is 6.58 Å². The second kappa shape index (κ2) is 3.83. The van der Waals surface area contributed by atoms with E-state index in [1.54, 1.807) is 0 Å². The fourth-order valence-electron chi connectivity index (χ4n) is 0.297. The highest BCUT2D eigenvalue weighted by Crippen LogP contribution is 1.72. The molecule has 50 valence electrons. The van der Waals surface area contributed by atoms with Gasteiger partial charge in [-0.25, -0.2) is 0 Å². The monoisotopic (exact) mass is 126 g/mol. The van der Waals surface area contributed by atoms with Crippen molar-refractivity contribution in [3.05, 3.63) is 12.8 Å².